The third-order valence-electron chi connectivity index (χ3n) is 3.60. The summed E-state index contributed by atoms with van der Waals surface area (Å²) >= 11 is 0. The largest absolute Gasteiger partial charge is 0.387 e. The first-order valence-corrected chi connectivity index (χ1v) is 7.20. The third kappa shape index (κ3) is 3.35. The van der Waals surface area contributed by atoms with Crippen molar-refractivity contribution in [2.45, 2.75) is 6.10 Å². The Balaban J connectivity index is 1.72. The lowest BCUT2D eigenvalue weighted by atomic mass is 10.1. The Morgan fingerprint density at radius 3 is 2.65 bits per heavy atom. The molecule has 1 aromatic heterocycles. The number of amides is 1. The maximum Gasteiger partial charge on any atom is 0.252 e. The molecule has 0 radical (unpaired) electrons. The quantitative estimate of drug-likeness (QED) is 0.779. The summed E-state index contributed by atoms with van der Waals surface area (Å²) in [5.41, 5.74) is 1.78. The van der Waals surface area contributed by atoms with Gasteiger partial charge in [-0.15, -0.1) is 0 Å². The van der Waals surface area contributed by atoms with Crippen LogP contribution < -0.4 is 5.32 Å². The van der Waals surface area contributed by atoms with Gasteiger partial charge in [0.25, 0.3) is 5.91 Å². The molecule has 2 N–H and O–H groups in total. The maximum atomic E-state index is 12.9. The predicted octanol–water partition coefficient (Wildman–Crippen LogP) is 2.84. The van der Waals surface area contributed by atoms with E-state index in [2.05, 4.69) is 10.3 Å². The van der Waals surface area contributed by atoms with Gasteiger partial charge in [0.2, 0.25) is 0 Å². The molecule has 0 aliphatic heterocycles. The zero-order valence-corrected chi connectivity index (χ0v) is 12.2. The molecular weight excluding hydrogens is 295 g/mol. The number of aromatic nitrogens is 1. The van der Waals surface area contributed by atoms with Gasteiger partial charge in [-0.05, 0) is 29.8 Å². The van der Waals surface area contributed by atoms with Crippen LogP contribution in [-0.2, 0) is 0 Å². The third-order valence-corrected chi connectivity index (χ3v) is 3.60. The van der Waals surface area contributed by atoms with Gasteiger partial charge >= 0.3 is 0 Å². The number of fused-ring (bicyclic) bond motifs is 1. The fraction of sp³-hybridized carbons (Fsp3) is 0.111. The Kier molecular flexibility index (Phi) is 4.30. The molecule has 0 spiro atoms. The van der Waals surface area contributed by atoms with Gasteiger partial charge in [-0.1, -0.05) is 30.3 Å². The minimum Gasteiger partial charge on any atom is -0.387 e. The van der Waals surface area contributed by atoms with Gasteiger partial charge in [-0.2, -0.15) is 0 Å². The number of hydrogen-bond donors (Lipinski definition) is 2. The Morgan fingerprint density at radius 1 is 1.13 bits per heavy atom. The minimum absolute atomic E-state index is 0.0428. The molecule has 1 unspecified atom stereocenters. The highest BCUT2D eigenvalue weighted by Gasteiger charge is 2.13. The lowest BCUT2D eigenvalue weighted by Crippen LogP contribution is -2.28. The number of nitrogens with zero attached hydrogens (tertiary/aromatic N) is 1. The van der Waals surface area contributed by atoms with Crippen molar-refractivity contribution in [3.05, 3.63) is 77.7 Å². The first-order chi connectivity index (χ1) is 11.1. The molecule has 5 heteroatoms. The summed E-state index contributed by atoms with van der Waals surface area (Å²) in [5, 5.41) is 13.5. The van der Waals surface area contributed by atoms with Crippen LogP contribution in [0.5, 0.6) is 0 Å². The smallest absolute Gasteiger partial charge is 0.252 e. The van der Waals surface area contributed by atoms with E-state index in [1.165, 1.54) is 24.3 Å². The number of halogens is 1. The lowest BCUT2D eigenvalue weighted by Gasteiger charge is -2.13. The number of aliphatic hydroxyl groups excluding tert-OH is 1. The fourth-order valence-corrected chi connectivity index (χ4v) is 2.38. The van der Waals surface area contributed by atoms with Crippen molar-refractivity contribution < 1.29 is 14.3 Å². The van der Waals surface area contributed by atoms with Crippen LogP contribution in [0.25, 0.3) is 10.9 Å². The number of nitrogens with one attached hydrogen (secondary N) is 1. The normalized spacial score (nSPS) is 12.1. The first kappa shape index (κ1) is 15.1. The molecule has 1 amide bonds. The van der Waals surface area contributed by atoms with Crippen LogP contribution in [-0.4, -0.2) is 22.5 Å². The summed E-state index contributed by atoms with van der Waals surface area (Å²) in [7, 11) is 0. The van der Waals surface area contributed by atoms with Gasteiger partial charge in [-0.3, -0.25) is 9.78 Å². The van der Waals surface area contributed by atoms with Crippen molar-refractivity contribution in [2.75, 3.05) is 6.54 Å². The highest BCUT2D eigenvalue weighted by Crippen LogP contribution is 2.17. The number of para-hydroxylation sites is 1. The second-order valence-electron chi connectivity index (χ2n) is 5.15. The number of pyridine rings is 1. The van der Waals surface area contributed by atoms with E-state index in [-0.39, 0.29) is 18.3 Å². The second kappa shape index (κ2) is 6.54. The molecule has 0 aliphatic rings. The molecule has 2 aromatic carbocycles. The van der Waals surface area contributed by atoms with Gasteiger partial charge in [0.15, 0.2) is 0 Å². The van der Waals surface area contributed by atoms with Crippen LogP contribution in [0.1, 0.15) is 22.0 Å². The fourth-order valence-electron chi connectivity index (χ4n) is 2.38. The van der Waals surface area contributed by atoms with Crippen LogP contribution in [0.2, 0.25) is 0 Å². The molecule has 0 bridgehead atoms. The Morgan fingerprint density at radius 2 is 1.87 bits per heavy atom. The summed E-state index contributed by atoms with van der Waals surface area (Å²) < 4.78 is 12.9. The molecule has 3 aromatic rings. The summed E-state index contributed by atoms with van der Waals surface area (Å²) in [6.07, 6.45) is 0.681. The van der Waals surface area contributed by atoms with Gasteiger partial charge in [0.1, 0.15) is 5.82 Å². The molecule has 0 saturated heterocycles. The van der Waals surface area contributed by atoms with E-state index in [1.807, 2.05) is 24.3 Å². The van der Waals surface area contributed by atoms with E-state index in [0.717, 1.165) is 10.9 Å². The van der Waals surface area contributed by atoms with Crippen molar-refractivity contribution in [2.24, 2.45) is 0 Å². The van der Waals surface area contributed by atoms with Gasteiger partial charge in [-0.25, -0.2) is 4.39 Å². The summed E-state index contributed by atoms with van der Waals surface area (Å²) in [6, 6.07) is 14.5. The zero-order valence-electron chi connectivity index (χ0n) is 12.2. The van der Waals surface area contributed by atoms with Crippen molar-refractivity contribution in [1.29, 1.82) is 0 Å². The molecule has 4 nitrogen and oxygen atoms in total. The standard InChI is InChI=1S/C18H15FN2O2/c19-13-7-5-12(6-8-13)17(22)11-21-18(23)15-9-10-20-16-4-2-1-3-14(15)16/h1-10,17,22H,11H2,(H,21,23). The zero-order chi connectivity index (χ0) is 16.2. The van der Waals surface area contributed by atoms with Crippen LogP contribution in [0, 0.1) is 5.82 Å². The number of aliphatic hydroxyl groups is 1. The van der Waals surface area contributed by atoms with Crippen molar-refractivity contribution in [3.63, 3.8) is 0 Å². The lowest BCUT2D eigenvalue weighted by molar-refractivity contribution is 0.0918. The topological polar surface area (TPSA) is 62.2 Å². The van der Waals surface area contributed by atoms with E-state index in [9.17, 15) is 14.3 Å². The minimum atomic E-state index is -0.896. The van der Waals surface area contributed by atoms with Gasteiger partial charge in [0, 0.05) is 18.1 Å². The maximum absolute atomic E-state index is 12.9. The van der Waals surface area contributed by atoms with E-state index in [0.29, 0.717) is 11.1 Å². The number of hydrogen-bond acceptors (Lipinski definition) is 3. The molecule has 0 aliphatic carbocycles. The molecule has 1 heterocycles. The van der Waals surface area contributed by atoms with Crippen molar-refractivity contribution in [1.82, 2.24) is 10.3 Å². The molecule has 0 fully saturated rings. The van der Waals surface area contributed by atoms with E-state index >= 15 is 0 Å². The highest BCUT2D eigenvalue weighted by atomic mass is 19.1. The average molecular weight is 310 g/mol. The summed E-state index contributed by atoms with van der Waals surface area (Å²) in [4.78, 5) is 16.5. The number of carbonyl (C=O) groups is 1. The number of rotatable bonds is 4. The van der Waals surface area contributed by atoms with Crippen molar-refractivity contribution in [3.8, 4) is 0 Å². The van der Waals surface area contributed by atoms with Crippen LogP contribution in [0.15, 0.2) is 60.8 Å². The SMILES string of the molecule is O=C(NCC(O)c1ccc(F)cc1)c1ccnc2ccccc12. The highest BCUT2D eigenvalue weighted by molar-refractivity contribution is 6.05. The van der Waals surface area contributed by atoms with Crippen molar-refractivity contribution >= 4 is 16.8 Å². The van der Waals surface area contributed by atoms with Crippen LogP contribution in [0.4, 0.5) is 4.39 Å². The molecule has 1 atom stereocenters. The predicted molar refractivity (Wildman–Crippen MR) is 85.4 cm³/mol. The molecule has 3 rings (SSSR count). The van der Waals surface area contributed by atoms with E-state index in [1.54, 1.807) is 12.3 Å². The van der Waals surface area contributed by atoms with Gasteiger partial charge in [0.05, 0.1) is 17.2 Å². The molecule has 23 heavy (non-hydrogen) atoms. The van der Waals surface area contributed by atoms with Crippen LogP contribution >= 0.6 is 0 Å². The molecular formula is C18H15FN2O2. The molecule has 116 valence electrons. The number of benzene rings is 2. The first-order valence-electron chi connectivity index (χ1n) is 7.20. The Bertz CT molecular complexity index is 829. The van der Waals surface area contributed by atoms with E-state index < -0.39 is 6.10 Å². The van der Waals surface area contributed by atoms with Gasteiger partial charge < -0.3 is 10.4 Å². The monoisotopic (exact) mass is 310 g/mol. The Hall–Kier alpha value is -2.79. The second-order valence-corrected chi connectivity index (χ2v) is 5.15. The van der Waals surface area contributed by atoms with E-state index in [4.69, 9.17) is 0 Å². The van der Waals surface area contributed by atoms with Crippen LogP contribution in [0.3, 0.4) is 0 Å². The number of carbonyl (C=O) groups excluding carboxylic acids is 1. The Labute approximate surface area is 132 Å². The molecule has 0 saturated carbocycles. The summed E-state index contributed by atoms with van der Waals surface area (Å²) in [5.74, 6) is -0.655. The average Bonchev–Trinajstić information content (AvgIpc) is 2.59. The summed E-state index contributed by atoms with van der Waals surface area (Å²) in [6.45, 7) is 0.0428.